The predicted octanol–water partition coefficient (Wildman–Crippen LogP) is 2.56. The number of guanidine groups is 1. The Hall–Kier alpha value is -0.980. The fourth-order valence-corrected chi connectivity index (χ4v) is 1.37. The first kappa shape index (κ1) is 19.0. The summed E-state index contributed by atoms with van der Waals surface area (Å²) < 4.78 is 40.0. The summed E-state index contributed by atoms with van der Waals surface area (Å²) in [7, 11) is 0. The summed E-state index contributed by atoms with van der Waals surface area (Å²) in [5.74, 6) is 1.31. The molecule has 0 rings (SSSR count). The van der Waals surface area contributed by atoms with E-state index in [-0.39, 0.29) is 6.61 Å². The van der Waals surface area contributed by atoms with E-state index in [1.165, 1.54) is 0 Å². The summed E-state index contributed by atoms with van der Waals surface area (Å²) in [5.41, 5.74) is 0. The summed E-state index contributed by atoms with van der Waals surface area (Å²) in [6.45, 7) is 7.14. The van der Waals surface area contributed by atoms with Crippen LogP contribution in [0.4, 0.5) is 13.2 Å². The van der Waals surface area contributed by atoms with E-state index in [9.17, 15) is 13.2 Å². The quantitative estimate of drug-likeness (QED) is 0.390. The van der Waals surface area contributed by atoms with Crippen LogP contribution in [0, 0.1) is 5.92 Å². The van der Waals surface area contributed by atoms with E-state index in [0.29, 0.717) is 24.8 Å². The SMILES string of the molecule is CCNC(=NCCCOCC(F)(F)F)NCCC(C)C. The maximum atomic E-state index is 11.8. The van der Waals surface area contributed by atoms with Gasteiger partial charge in [-0.2, -0.15) is 13.2 Å². The monoisotopic (exact) mass is 297 g/mol. The Morgan fingerprint density at radius 2 is 1.95 bits per heavy atom. The summed E-state index contributed by atoms with van der Waals surface area (Å²) in [4.78, 5) is 4.28. The molecule has 0 saturated carbocycles. The molecule has 0 atom stereocenters. The van der Waals surface area contributed by atoms with E-state index < -0.39 is 12.8 Å². The van der Waals surface area contributed by atoms with Crippen molar-refractivity contribution in [3.8, 4) is 0 Å². The first-order valence-corrected chi connectivity index (χ1v) is 7.01. The Kier molecular flexibility index (Phi) is 10.2. The second-order valence-corrected chi connectivity index (χ2v) is 4.89. The topological polar surface area (TPSA) is 45.7 Å². The van der Waals surface area contributed by atoms with E-state index in [1.807, 2.05) is 6.92 Å². The van der Waals surface area contributed by atoms with Crippen molar-refractivity contribution >= 4 is 5.96 Å². The number of ether oxygens (including phenoxy) is 1. The molecule has 2 N–H and O–H groups in total. The number of aliphatic imine (C=N–C) groups is 1. The van der Waals surface area contributed by atoms with Crippen LogP contribution in [0.25, 0.3) is 0 Å². The van der Waals surface area contributed by atoms with Crippen molar-refractivity contribution in [1.29, 1.82) is 0 Å². The molecule has 0 aromatic carbocycles. The molecule has 0 aliphatic carbocycles. The second-order valence-electron chi connectivity index (χ2n) is 4.89. The second kappa shape index (κ2) is 10.8. The summed E-state index contributed by atoms with van der Waals surface area (Å²) in [5, 5.41) is 6.27. The van der Waals surface area contributed by atoms with Crippen molar-refractivity contribution in [3.05, 3.63) is 0 Å². The molecule has 0 aliphatic heterocycles. The van der Waals surface area contributed by atoms with Gasteiger partial charge >= 0.3 is 6.18 Å². The Labute approximate surface area is 119 Å². The molecule has 0 aromatic heterocycles. The number of halogens is 3. The summed E-state index contributed by atoms with van der Waals surface area (Å²) >= 11 is 0. The van der Waals surface area contributed by atoms with Gasteiger partial charge in [0.2, 0.25) is 0 Å². The molecule has 7 heteroatoms. The van der Waals surface area contributed by atoms with E-state index in [4.69, 9.17) is 0 Å². The van der Waals surface area contributed by atoms with Crippen LogP contribution in [-0.2, 0) is 4.74 Å². The van der Waals surface area contributed by atoms with Gasteiger partial charge in [-0.15, -0.1) is 0 Å². The van der Waals surface area contributed by atoms with Crippen molar-refractivity contribution in [3.63, 3.8) is 0 Å². The fraction of sp³-hybridized carbons (Fsp3) is 0.923. The van der Waals surface area contributed by atoms with Crippen LogP contribution in [-0.4, -0.2) is 45.0 Å². The minimum Gasteiger partial charge on any atom is -0.372 e. The third-order valence-electron chi connectivity index (χ3n) is 2.34. The van der Waals surface area contributed by atoms with Crippen LogP contribution in [0.3, 0.4) is 0 Å². The molecular formula is C13H26F3N3O. The Morgan fingerprint density at radius 1 is 1.25 bits per heavy atom. The first-order chi connectivity index (χ1) is 9.35. The molecule has 0 aliphatic rings. The van der Waals surface area contributed by atoms with Gasteiger partial charge in [0.15, 0.2) is 5.96 Å². The molecule has 20 heavy (non-hydrogen) atoms. The minimum atomic E-state index is -4.25. The normalized spacial score (nSPS) is 12.8. The Bertz CT molecular complexity index is 268. The highest BCUT2D eigenvalue weighted by atomic mass is 19.4. The standard InChI is InChI=1S/C13H26F3N3O/c1-4-17-12(19-8-6-11(2)3)18-7-5-9-20-10-13(14,15)16/h11H,4-10H2,1-3H3,(H2,17,18,19). The smallest absolute Gasteiger partial charge is 0.372 e. The zero-order valence-corrected chi connectivity index (χ0v) is 12.5. The molecular weight excluding hydrogens is 271 g/mol. The third kappa shape index (κ3) is 13.5. The van der Waals surface area contributed by atoms with Crippen molar-refractivity contribution in [2.45, 2.75) is 39.8 Å². The number of nitrogens with one attached hydrogen (secondary N) is 2. The van der Waals surface area contributed by atoms with Crippen LogP contribution in [0.2, 0.25) is 0 Å². The van der Waals surface area contributed by atoms with Crippen LogP contribution >= 0.6 is 0 Å². The van der Waals surface area contributed by atoms with Crippen molar-refractivity contribution < 1.29 is 17.9 Å². The van der Waals surface area contributed by atoms with Gasteiger partial charge in [0, 0.05) is 26.2 Å². The average Bonchev–Trinajstić information content (AvgIpc) is 2.31. The average molecular weight is 297 g/mol. The molecule has 120 valence electrons. The zero-order valence-electron chi connectivity index (χ0n) is 12.5. The van der Waals surface area contributed by atoms with Gasteiger partial charge in [0.1, 0.15) is 6.61 Å². The van der Waals surface area contributed by atoms with E-state index in [0.717, 1.165) is 19.5 Å². The van der Waals surface area contributed by atoms with Gasteiger partial charge < -0.3 is 15.4 Å². The summed E-state index contributed by atoms with van der Waals surface area (Å²) in [6, 6.07) is 0. The number of nitrogens with zero attached hydrogens (tertiary/aromatic N) is 1. The Balaban J connectivity index is 3.79. The lowest BCUT2D eigenvalue weighted by Crippen LogP contribution is -2.38. The van der Waals surface area contributed by atoms with Crippen LogP contribution in [0.5, 0.6) is 0 Å². The highest BCUT2D eigenvalue weighted by Gasteiger charge is 2.27. The van der Waals surface area contributed by atoms with Gasteiger partial charge in [-0.05, 0) is 25.7 Å². The molecule has 0 fully saturated rings. The molecule has 0 saturated heterocycles. The van der Waals surface area contributed by atoms with Crippen LogP contribution in [0.15, 0.2) is 4.99 Å². The van der Waals surface area contributed by atoms with E-state index >= 15 is 0 Å². The largest absolute Gasteiger partial charge is 0.411 e. The highest BCUT2D eigenvalue weighted by Crippen LogP contribution is 2.14. The lowest BCUT2D eigenvalue weighted by Gasteiger charge is -2.12. The number of alkyl halides is 3. The molecule has 0 aromatic rings. The van der Waals surface area contributed by atoms with Gasteiger partial charge in [0.05, 0.1) is 0 Å². The van der Waals surface area contributed by atoms with Gasteiger partial charge in [0.25, 0.3) is 0 Å². The number of hydrogen-bond donors (Lipinski definition) is 2. The van der Waals surface area contributed by atoms with Crippen molar-refractivity contribution in [2.24, 2.45) is 10.9 Å². The Morgan fingerprint density at radius 3 is 2.50 bits per heavy atom. The van der Waals surface area contributed by atoms with Gasteiger partial charge in [-0.1, -0.05) is 13.8 Å². The first-order valence-electron chi connectivity index (χ1n) is 7.01. The molecule has 0 bridgehead atoms. The van der Waals surface area contributed by atoms with Crippen molar-refractivity contribution in [1.82, 2.24) is 10.6 Å². The highest BCUT2D eigenvalue weighted by molar-refractivity contribution is 5.79. The molecule has 0 amide bonds. The molecule has 0 heterocycles. The van der Waals surface area contributed by atoms with E-state index in [1.54, 1.807) is 0 Å². The number of hydrogen-bond acceptors (Lipinski definition) is 2. The summed E-state index contributed by atoms with van der Waals surface area (Å²) in [6.07, 6.45) is -2.74. The van der Waals surface area contributed by atoms with Crippen LogP contribution in [0.1, 0.15) is 33.6 Å². The van der Waals surface area contributed by atoms with Crippen LogP contribution < -0.4 is 10.6 Å². The lowest BCUT2D eigenvalue weighted by atomic mass is 10.1. The van der Waals surface area contributed by atoms with Gasteiger partial charge in [-0.25, -0.2) is 0 Å². The molecule has 0 spiro atoms. The molecule has 0 radical (unpaired) electrons. The fourth-order valence-electron chi connectivity index (χ4n) is 1.37. The lowest BCUT2D eigenvalue weighted by molar-refractivity contribution is -0.173. The minimum absolute atomic E-state index is 0.0639. The molecule has 4 nitrogen and oxygen atoms in total. The van der Waals surface area contributed by atoms with E-state index in [2.05, 4.69) is 34.2 Å². The predicted molar refractivity (Wildman–Crippen MR) is 74.9 cm³/mol. The van der Waals surface area contributed by atoms with Crippen molar-refractivity contribution in [2.75, 3.05) is 32.8 Å². The zero-order chi connectivity index (χ0) is 15.4. The maximum absolute atomic E-state index is 11.8. The molecule has 0 unspecified atom stereocenters. The number of rotatable bonds is 9. The third-order valence-corrected chi connectivity index (χ3v) is 2.34. The maximum Gasteiger partial charge on any atom is 0.411 e. The van der Waals surface area contributed by atoms with Gasteiger partial charge in [-0.3, -0.25) is 4.99 Å².